The predicted molar refractivity (Wildman–Crippen MR) is 147 cm³/mol. The van der Waals surface area contributed by atoms with Crippen LogP contribution in [0, 0.1) is 6.92 Å². The van der Waals surface area contributed by atoms with E-state index in [2.05, 4.69) is 21.8 Å². The number of rotatable bonds is 7. The van der Waals surface area contributed by atoms with Crippen LogP contribution in [0.15, 0.2) is 101 Å². The Morgan fingerprint density at radius 1 is 0.789 bits per heavy atom. The van der Waals surface area contributed by atoms with Crippen molar-refractivity contribution in [2.45, 2.75) is 11.8 Å². The summed E-state index contributed by atoms with van der Waals surface area (Å²) >= 11 is 0. The van der Waals surface area contributed by atoms with E-state index in [-0.39, 0.29) is 27.6 Å². The number of piperazine rings is 1. The van der Waals surface area contributed by atoms with Gasteiger partial charge in [0.1, 0.15) is 11.4 Å². The first-order valence-electron chi connectivity index (χ1n) is 12.5. The van der Waals surface area contributed by atoms with E-state index in [1.54, 1.807) is 36.4 Å². The summed E-state index contributed by atoms with van der Waals surface area (Å²) < 4.78 is 29.0. The van der Waals surface area contributed by atoms with Gasteiger partial charge in [0.2, 0.25) is 11.6 Å². The highest BCUT2D eigenvalue weighted by atomic mass is 32.2. The maximum absolute atomic E-state index is 13.6. The molecule has 2 aliphatic rings. The number of benzene rings is 3. The molecule has 0 radical (unpaired) electrons. The molecule has 1 N–H and O–H groups in total. The van der Waals surface area contributed by atoms with Crippen LogP contribution in [-0.2, 0) is 10.0 Å². The number of Topliss-reactive ketones (excluding diaryl/α,β-unsaturated/α-hetero) is 2. The number of hydrogen-bond acceptors (Lipinski definition) is 6. The molecule has 194 valence electrons. The van der Waals surface area contributed by atoms with Crippen LogP contribution in [0.2, 0.25) is 0 Å². The second-order valence-corrected chi connectivity index (χ2v) is 11.1. The third kappa shape index (κ3) is 5.32. The first kappa shape index (κ1) is 25.6. The van der Waals surface area contributed by atoms with Crippen LogP contribution in [0.4, 0.5) is 0 Å². The van der Waals surface area contributed by atoms with Gasteiger partial charge in [0.05, 0.1) is 4.90 Å². The lowest BCUT2D eigenvalue weighted by Gasteiger charge is -2.38. The summed E-state index contributed by atoms with van der Waals surface area (Å²) in [6, 6.07) is 23.0. The van der Waals surface area contributed by atoms with E-state index in [1.165, 1.54) is 12.1 Å². The fourth-order valence-electron chi connectivity index (χ4n) is 4.73. The molecule has 0 aromatic heterocycles. The molecule has 1 saturated heterocycles. The molecule has 0 bridgehead atoms. The minimum atomic E-state index is -4.08. The van der Waals surface area contributed by atoms with Crippen molar-refractivity contribution in [2.75, 3.05) is 32.7 Å². The molecule has 38 heavy (non-hydrogen) atoms. The summed E-state index contributed by atoms with van der Waals surface area (Å²) in [4.78, 5) is 31.3. The predicted octanol–water partition coefficient (Wildman–Crippen LogP) is 3.90. The van der Waals surface area contributed by atoms with Crippen molar-refractivity contribution in [3.63, 3.8) is 0 Å². The van der Waals surface area contributed by atoms with Crippen molar-refractivity contribution < 1.29 is 18.0 Å². The molecule has 1 fully saturated rings. The number of ketones is 2. The summed E-state index contributed by atoms with van der Waals surface area (Å²) in [6.45, 7) is 4.94. The number of nitrogens with one attached hydrogen (secondary N) is 1. The first-order valence-corrected chi connectivity index (χ1v) is 14.0. The summed E-state index contributed by atoms with van der Waals surface area (Å²) in [5.41, 5.74) is 2.46. The zero-order chi connectivity index (χ0) is 26.7. The lowest BCUT2D eigenvalue weighted by molar-refractivity contribution is 0.0907. The quantitative estimate of drug-likeness (QED) is 0.502. The van der Waals surface area contributed by atoms with Crippen LogP contribution in [0.3, 0.4) is 0 Å². The van der Waals surface area contributed by atoms with Gasteiger partial charge >= 0.3 is 0 Å². The lowest BCUT2D eigenvalue weighted by atomic mass is 9.90. The largest absolute Gasteiger partial charge is 0.364 e. The number of hydrogen-bond donors (Lipinski definition) is 1. The van der Waals surface area contributed by atoms with Gasteiger partial charge in [0, 0.05) is 43.9 Å². The highest BCUT2D eigenvalue weighted by Crippen LogP contribution is 2.29. The fourth-order valence-corrected chi connectivity index (χ4v) is 5.80. The molecular formula is C30H29N3O4S. The van der Waals surface area contributed by atoms with Crippen molar-refractivity contribution in [1.82, 2.24) is 14.5 Å². The summed E-state index contributed by atoms with van der Waals surface area (Å²) in [7, 11) is -4.08. The van der Waals surface area contributed by atoms with Crippen LogP contribution in [-0.4, -0.2) is 62.5 Å². The Balaban J connectivity index is 1.40. The Hall–Kier alpha value is -4.01. The van der Waals surface area contributed by atoms with Gasteiger partial charge in [-0.3, -0.25) is 19.2 Å². The number of nitrogens with zero attached hydrogens (tertiary/aromatic N) is 2. The Morgan fingerprint density at radius 3 is 2.05 bits per heavy atom. The van der Waals surface area contributed by atoms with Crippen LogP contribution in [0.1, 0.15) is 31.8 Å². The fraction of sp³-hybridized carbons (Fsp3) is 0.200. The molecule has 1 aliphatic carbocycles. The van der Waals surface area contributed by atoms with Gasteiger partial charge in [-0.2, -0.15) is 0 Å². The molecule has 0 unspecified atom stereocenters. The molecule has 0 spiro atoms. The molecular weight excluding hydrogens is 498 g/mol. The second kappa shape index (κ2) is 10.8. The van der Waals surface area contributed by atoms with Crippen molar-refractivity contribution in [3.05, 3.63) is 119 Å². The van der Waals surface area contributed by atoms with E-state index in [4.69, 9.17) is 0 Å². The van der Waals surface area contributed by atoms with Gasteiger partial charge in [-0.15, -0.1) is 0 Å². The topological polar surface area (TPSA) is 86.8 Å². The highest BCUT2D eigenvalue weighted by Gasteiger charge is 2.38. The maximum Gasteiger partial charge on any atom is 0.262 e. The summed E-state index contributed by atoms with van der Waals surface area (Å²) in [5, 5.41) is 0. The Labute approximate surface area is 223 Å². The van der Waals surface area contributed by atoms with E-state index in [0.717, 1.165) is 17.7 Å². The molecule has 8 heteroatoms. The zero-order valence-corrected chi connectivity index (χ0v) is 21.9. The van der Waals surface area contributed by atoms with Gasteiger partial charge in [0.25, 0.3) is 10.0 Å². The highest BCUT2D eigenvalue weighted by molar-refractivity contribution is 7.89. The normalized spacial score (nSPS) is 16.7. The number of fused-ring (bicyclic) bond motifs is 1. The van der Waals surface area contributed by atoms with Crippen LogP contribution in [0.5, 0.6) is 0 Å². The van der Waals surface area contributed by atoms with Gasteiger partial charge in [-0.25, -0.2) is 8.42 Å². The minimum Gasteiger partial charge on any atom is -0.364 e. The van der Waals surface area contributed by atoms with E-state index in [1.807, 2.05) is 42.2 Å². The number of aryl methyl sites for hydroxylation is 1. The smallest absolute Gasteiger partial charge is 0.262 e. The average molecular weight is 528 g/mol. The second-order valence-electron chi connectivity index (χ2n) is 9.45. The van der Waals surface area contributed by atoms with E-state index in [0.29, 0.717) is 31.7 Å². The Bertz CT molecular complexity index is 1520. The van der Waals surface area contributed by atoms with Crippen molar-refractivity contribution in [2.24, 2.45) is 0 Å². The van der Waals surface area contributed by atoms with Crippen LogP contribution < -0.4 is 4.72 Å². The molecule has 3 aromatic rings. The molecule has 3 aromatic carbocycles. The number of carbonyl (C=O) groups is 2. The lowest BCUT2D eigenvalue weighted by Crippen LogP contribution is -2.49. The molecule has 0 saturated carbocycles. The molecule has 7 nitrogen and oxygen atoms in total. The molecule has 1 heterocycles. The molecule has 0 amide bonds. The van der Waals surface area contributed by atoms with E-state index >= 15 is 0 Å². The molecule has 5 rings (SSSR count). The Kier molecular flexibility index (Phi) is 7.26. The van der Waals surface area contributed by atoms with Gasteiger partial charge in [-0.05, 0) is 24.6 Å². The van der Waals surface area contributed by atoms with Gasteiger partial charge in [-0.1, -0.05) is 84.4 Å². The SMILES string of the molecule is Cc1ccc(S(=O)(=O)NC2=C(N3CCN(CC=Cc4ccccc4)CC3)C(=O)c3ccccc3C2=O)cc1. The summed E-state index contributed by atoms with van der Waals surface area (Å²) in [5.74, 6) is -0.849. The van der Waals surface area contributed by atoms with E-state index in [9.17, 15) is 18.0 Å². The number of allylic oxidation sites excluding steroid dienone is 2. The maximum atomic E-state index is 13.6. The number of carbonyl (C=O) groups excluding carboxylic acids is 2. The molecule has 0 atom stereocenters. The minimum absolute atomic E-state index is 0.0316. The third-order valence-electron chi connectivity index (χ3n) is 6.82. The third-order valence-corrected chi connectivity index (χ3v) is 8.19. The van der Waals surface area contributed by atoms with Gasteiger partial charge < -0.3 is 4.90 Å². The number of sulfonamides is 1. The Morgan fingerprint density at radius 2 is 1.39 bits per heavy atom. The van der Waals surface area contributed by atoms with E-state index < -0.39 is 15.8 Å². The summed E-state index contributed by atoms with van der Waals surface area (Å²) in [6.07, 6.45) is 4.18. The van der Waals surface area contributed by atoms with Crippen LogP contribution in [0.25, 0.3) is 6.08 Å². The van der Waals surface area contributed by atoms with Gasteiger partial charge in [0.15, 0.2) is 0 Å². The molecule has 1 aliphatic heterocycles. The first-order chi connectivity index (χ1) is 18.3. The van der Waals surface area contributed by atoms with Crippen molar-refractivity contribution in [1.29, 1.82) is 0 Å². The van der Waals surface area contributed by atoms with Crippen molar-refractivity contribution in [3.8, 4) is 0 Å². The standard InChI is InChI=1S/C30H29N3O4S/c1-22-13-15-24(16-14-22)38(36,37)31-27-28(30(35)26-12-6-5-11-25(26)29(27)34)33-20-18-32(19-21-33)17-7-10-23-8-3-2-4-9-23/h2-16,31H,17-21H2,1H3. The monoisotopic (exact) mass is 527 g/mol. The average Bonchev–Trinajstić information content (AvgIpc) is 2.93. The zero-order valence-electron chi connectivity index (χ0n) is 21.1. The van der Waals surface area contributed by atoms with Crippen LogP contribution >= 0.6 is 0 Å². The van der Waals surface area contributed by atoms with Crippen molar-refractivity contribution >= 4 is 27.7 Å².